The molecule has 0 amide bonds. The molecule has 8 heteroatoms. The summed E-state index contributed by atoms with van der Waals surface area (Å²) >= 11 is 0. The number of benzene rings is 1. The van der Waals surface area contributed by atoms with Crippen molar-refractivity contribution in [2.45, 2.75) is 24.8 Å². The third-order valence-electron chi connectivity index (χ3n) is 3.07. The quantitative estimate of drug-likeness (QED) is 0.755. The van der Waals surface area contributed by atoms with Gasteiger partial charge in [-0.1, -0.05) is 13.8 Å². The molecule has 0 bridgehead atoms. The molecule has 0 spiro atoms. The number of esters is 1. The fourth-order valence-electron chi connectivity index (χ4n) is 1.80. The number of sulfonamides is 1. The van der Waals surface area contributed by atoms with Crippen molar-refractivity contribution in [3.8, 4) is 11.5 Å². The largest absolute Gasteiger partial charge is 0.493 e. The van der Waals surface area contributed by atoms with E-state index in [1.54, 1.807) is 13.8 Å². The average Bonchev–Trinajstić information content (AvgIpc) is 2.50. The van der Waals surface area contributed by atoms with Gasteiger partial charge >= 0.3 is 5.97 Å². The Morgan fingerprint density at radius 1 is 1.09 bits per heavy atom. The SMILES string of the molecule is COC(=O)C(NS(=O)(=O)c1ccc(OC)c(OC)c1)C(C)C. The number of methoxy groups -OCH3 is 3. The molecule has 0 aromatic heterocycles. The van der Waals surface area contributed by atoms with Crippen LogP contribution in [-0.2, 0) is 19.6 Å². The van der Waals surface area contributed by atoms with Gasteiger partial charge in [0.1, 0.15) is 6.04 Å². The van der Waals surface area contributed by atoms with Gasteiger partial charge in [-0.05, 0) is 18.1 Å². The summed E-state index contributed by atoms with van der Waals surface area (Å²) in [5.41, 5.74) is 0. The van der Waals surface area contributed by atoms with Gasteiger partial charge < -0.3 is 14.2 Å². The van der Waals surface area contributed by atoms with E-state index in [1.807, 2.05) is 0 Å². The standard InChI is InChI=1S/C14H21NO6S/c1-9(2)13(14(16)21-5)15-22(17,18)10-6-7-11(19-3)12(8-10)20-4/h6-9,13,15H,1-5H3. The summed E-state index contributed by atoms with van der Waals surface area (Å²) in [6.07, 6.45) is 0. The lowest BCUT2D eigenvalue weighted by Crippen LogP contribution is -2.44. The smallest absolute Gasteiger partial charge is 0.324 e. The van der Waals surface area contributed by atoms with E-state index in [-0.39, 0.29) is 16.6 Å². The Labute approximate surface area is 130 Å². The lowest BCUT2D eigenvalue weighted by atomic mass is 10.1. The van der Waals surface area contributed by atoms with Crippen molar-refractivity contribution in [3.63, 3.8) is 0 Å². The molecule has 1 N–H and O–H groups in total. The number of carbonyl (C=O) groups excluding carboxylic acids is 1. The molecule has 0 aliphatic rings. The Balaban J connectivity index is 3.15. The minimum absolute atomic E-state index is 0.0281. The molecule has 0 aliphatic heterocycles. The van der Waals surface area contributed by atoms with E-state index in [4.69, 9.17) is 9.47 Å². The Hall–Kier alpha value is -1.80. The topological polar surface area (TPSA) is 90.9 Å². The first kappa shape index (κ1) is 18.2. The van der Waals surface area contributed by atoms with Gasteiger partial charge in [0.15, 0.2) is 11.5 Å². The minimum atomic E-state index is -3.90. The van der Waals surface area contributed by atoms with Crippen LogP contribution in [0.25, 0.3) is 0 Å². The molecule has 7 nitrogen and oxygen atoms in total. The van der Waals surface area contributed by atoms with Crippen LogP contribution >= 0.6 is 0 Å². The summed E-state index contributed by atoms with van der Waals surface area (Å²) in [4.78, 5) is 11.7. The predicted molar refractivity (Wildman–Crippen MR) is 80.5 cm³/mol. The van der Waals surface area contributed by atoms with E-state index in [0.29, 0.717) is 5.75 Å². The van der Waals surface area contributed by atoms with Crippen molar-refractivity contribution in [3.05, 3.63) is 18.2 Å². The summed E-state index contributed by atoms with van der Waals surface area (Å²) in [6.45, 7) is 3.44. The summed E-state index contributed by atoms with van der Waals surface area (Å²) < 4.78 is 42.0. The first-order chi connectivity index (χ1) is 10.3. The molecule has 1 atom stereocenters. The second kappa shape index (κ2) is 7.46. The summed E-state index contributed by atoms with van der Waals surface area (Å²) in [5, 5.41) is 0. The summed E-state index contributed by atoms with van der Waals surface area (Å²) in [7, 11) is 0.172. The second-order valence-electron chi connectivity index (χ2n) is 4.88. The van der Waals surface area contributed by atoms with Crippen LogP contribution < -0.4 is 14.2 Å². The van der Waals surface area contributed by atoms with Crippen LogP contribution in [0.15, 0.2) is 23.1 Å². The third kappa shape index (κ3) is 4.11. The second-order valence-corrected chi connectivity index (χ2v) is 6.60. The predicted octanol–water partition coefficient (Wildman–Crippen LogP) is 1.18. The molecule has 0 radical (unpaired) electrons. The first-order valence-electron chi connectivity index (χ1n) is 6.59. The van der Waals surface area contributed by atoms with Gasteiger partial charge in [0.25, 0.3) is 0 Å². The highest BCUT2D eigenvalue weighted by Crippen LogP contribution is 2.29. The van der Waals surface area contributed by atoms with Crippen LogP contribution in [0.3, 0.4) is 0 Å². The third-order valence-corrected chi connectivity index (χ3v) is 4.51. The zero-order valence-corrected chi connectivity index (χ0v) is 14.1. The van der Waals surface area contributed by atoms with Gasteiger partial charge in [0.2, 0.25) is 10.0 Å². The molecule has 1 aromatic rings. The highest BCUT2D eigenvalue weighted by atomic mass is 32.2. The summed E-state index contributed by atoms with van der Waals surface area (Å²) in [6, 6.07) is 3.22. The van der Waals surface area contributed by atoms with Gasteiger partial charge in [-0.2, -0.15) is 4.72 Å². The average molecular weight is 331 g/mol. The van der Waals surface area contributed by atoms with E-state index in [0.717, 1.165) is 0 Å². The maximum Gasteiger partial charge on any atom is 0.324 e. The normalized spacial score (nSPS) is 12.8. The number of rotatable bonds is 7. The molecule has 1 aromatic carbocycles. The number of ether oxygens (including phenoxy) is 3. The molecule has 124 valence electrons. The van der Waals surface area contributed by atoms with Crippen LogP contribution in [0.1, 0.15) is 13.8 Å². The van der Waals surface area contributed by atoms with Crippen molar-refractivity contribution in [2.75, 3.05) is 21.3 Å². The maximum atomic E-state index is 12.4. The fourth-order valence-corrected chi connectivity index (χ4v) is 3.15. The molecule has 0 saturated heterocycles. The van der Waals surface area contributed by atoms with E-state index < -0.39 is 22.0 Å². The molecular weight excluding hydrogens is 310 g/mol. The lowest BCUT2D eigenvalue weighted by Gasteiger charge is -2.20. The van der Waals surface area contributed by atoms with E-state index in [9.17, 15) is 13.2 Å². The molecule has 0 heterocycles. The first-order valence-corrected chi connectivity index (χ1v) is 8.07. The fraction of sp³-hybridized carbons (Fsp3) is 0.500. The molecule has 0 saturated carbocycles. The van der Waals surface area contributed by atoms with Crippen molar-refractivity contribution < 1.29 is 27.4 Å². The van der Waals surface area contributed by atoms with Crippen LogP contribution in [0.5, 0.6) is 11.5 Å². The van der Waals surface area contributed by atoms with E-state index in [1.165, 1.54) is 39.5 Å². The number of carbonyl (C=O) groups is 1. The number of hydrogen-bond acceptors (Lipinski definition) is 6. The Kier molecular flexibility index (Phi) is 6.19. The van der Waals surface area contributed by atoms with Crippen molar-refractivity contribution >= 4 is 16.0 Å². The number of nitrogens with one attached hydrogen (secondary N) is 1. The molecule has 1 unspecified atom stereocenters. The molecular formula is C14H21NO6S. The maximum absolute atomic E-state index is 12.4. The molecule has 1 rings (SSSR count). The minimum Gasteiger partial charge on any atom is -0.493 e. The highest BCUT2D eigenvalue weighted by molar-refractivity contribution is 7.89. The Bertz CT molecular complexity index is 626. The Morgan fingerprint density at radius 3 is 2.14 bits per heavy atom. The van der Waals surface area contributed by atoms with Gasteiger partial charge in [-0.15, -0.1) is 0 Å². The van der Waals surface area contributed by atoms with Gasteiger partial charge in [-0.25, -0.2) is 8.42 Å². The molecule has 0 aliphatic carbocycles. The van der Waals surface area contributed by atoms with E-state index >= 15 is 0 Å². The van der Waals surface area contributed by atoms with Gasteiger partial charge in [-0.3, -0.25) is 4.79 Å². The highest BCUT2D eigenvalue weighted by Gasteiger charge is 2.29. The lowest BCUT2D eigenvalue weighted by molar-refractivity contribution is -0.143. The van der Waals surface area contributed by atoms with Crippen molar-refractivity contribution in [1.29, 1.82) is 0 Å². The van der Waals surface area contributed by atoms with Crippen LogP contribution in [0, 0.1) is 5.92 Å². The van der Waals surface area contributed by atoms with E-state index in [2.05, 4.69) is 9.46 Å². The van der Waals surface area contributed by atoms with Crippen molar-refractivity contribution in [2.24, 2.45) is 5.92 Å². The van der Waals surface area contributed by atoms with Crippen LogP contribution in [0.4, 0.5) is 0 Å². The molecule has 0 fully saturated rings. The van der Waals surface area contributed by atoms with Gasteiger partial charge in [0, 0.05) is 6.07 Å². The number of hydrogen-bond donors (Lipinski definition) is 1. The Morgan fingerprint density at radius 2 is 1.68 bits per heavy atom. The monoisotopic (exact) mass is 331 g/mol. The summed E-state index contributed by atoms with van der Waals surface area (Å²) in [5.74, 6) is -0.208. The van der Waals surface area contributed by atoms with Crippen molar-refractivity contribution in [1.82, 2.24) is 4.72 Å². The zero-order valence-electron chi connectivity index (χ0n) is 13.2. The van der Waals surface area contributed by atoms with Crippen LogP contribution in [0.2, 0.25) is 0 Å². The zero-order chi connectivity index (χ0) is 16.9. The van der Waals surface area contributed by atoms with Crippen LogP contribution in [-0.4, -0.2) is 41.8 Å². The van der Waals surface area contributed by atoms with Gasteiger partial charge in [0.05, 0.1) is 26.2 Å². The molecule has 22 heavy (non-hydrogen) atoms.